The van der Waals surface area contributed by atoms with Gasteiger partial charge in [-0.2, -0.15) is 10.5 Å². The minimum atomic E-state index is -1.02. The van der Waals surface area contributed by atoms with Gasteiger partial charge < -0.3 is 4.74 Å². The van der Waals surface area contributed by atoms with Gasteiger partial charge in [0.15, 0.2) is 17.4 Å². The average molecular weight is 316 g/mol. The molecule has 0 saturated carbocycles. The van der Waals surface area contributed by atoms with Crippen LogP contribution in [0.2, 0.25) is 0 Å². The van der Waals surface area contributed by atoms with E-state index in [0.29, 0.717) is 5.75 Å². The van der Waals surface area contributed by atoms with Crippen molar-refractivity contribution in [3.05, 3.63) is 58.7 Å². The van der Waals surface area contributed by atoms with Crippen LogP contribution in [0.3, 0.4) is 0 Å². The first-order valence-electron chi connectivity index (χ1n) is 6.19. The third-order valence-electron chi connectivity index (χ3n) is 2.95. The van der Waals surface area contributed by atoms with Crippen LogP contribution in [-0.4, -0.2) is 7.11 Å². The van der Waals surface area contributed by atoms with Gasteiger partial charge in [-0.25, -0.2) is 8.78 Å². The molecule has 2 aromatic rings. The Morgan fingerprint density at radius 3 is 2.18 bits per heavy atom. The third-order valence-corrected chi connectivity index (χ3v) is 4.08. The molecule has 0 N–H and O–H groups in total. The van der Waals surface area contributed by atoms with E-state index in [1.807, 2.05) is 30.3 Å². The summed E-state index contributed by atoms with van der Waals surface area (Å²) >= 11 is 1.01. The minimum absolute atomic E-state index is 0.112. The first-order chi connectivity index (χ1) is 10.6. The van der Waals surface area contributed by atoms with Gasteiger partial charge in [-0.05, 0) is 5.56 Å². The van der Waals surface area contributed by atoms with Crippen molar-refractivity contribution in [3.8, 4) is 17.9 Å². The van der Waals surface area contributed by atoms with Crippen molar-refractivity contribution in [1.29, 1.82) is 10.5 Å². The molecule has 0 saturated heterocycles. The van der Waals surface area contributed by atoms with Crippen LogP contribution in [0, 0.1) is 34.3 Å². The van der Waals surface area contributed by atoms with E-state index in [1.165, 1.54) is 19.2 Å². The molecule has 0 aliphatic rings. The first-order valence-corrected chi connectivity index (χ1v) is 7.18. The maximum atomic E-state index is 14.4. The van der Waals surface area contributed by atoms with E-state index in [-0.39, 0.29) is 10.6 Å². The first kappa shape index (κ1) is 15.8. The summed E-state index contributed by atoms with van der Waals surface area (Å²) in [4.78, 5) is -0.112. The second-order valence-corrected chi connectivity index (χ2v) is 5.22. The number of nitrogens with zero attached hydrogens (tertiary/aromatic N) is 2. The summed E-state index contributed by atoms with van der Waals surface area (Å²) in [7, 11) is 1.19. The van der Waals surface area contributed by atoms with Crippen molar-refractivity contribution < 1.29 is 13.5 Å². The molecule has 0 fully saturated rings. The van der Waals surface area contributed by atoms with Gasteiger partial charge in [-0.3, -0.25) is 0 Å². The van der Waals surface area contributed by atoms with Gasteiger partial charge in [-0.15, -0.1) is 11.8 Å². The largest absolute Gasteiger partial charge is 0.492 e. The molecule has 22 heavy (non-hydrogen) atoms. The Morgan fingerprint density at radius 2 is 1.64 bits per heavy atom. The molecule has 0 aromatic heterocycles. The lowest BCUT2D eigenvalue weighted by Gasteiger charge is -2.13. The van der Waals surface area contributed by atoms with E-state index in [9.17, 15) is 8.78 Å². The van der Waals surface area contributed by atoms with Gasteiger partial charge in [0, 0.05) is 5.75 Å². The van der Waals surface area contributed by atoms with Crippen LogP contribution >= 0.6 is 11.8 Å². The van der Waals surface area contributed by atoms with Gasteiger partial charge in [0.25, 0.3) is 0 Å². The molecule has 0 atom stereocenters. The minimum Gasteiger partial charge on any atom is -0.492 e. The van der Waals surface area contributed by atoms with Gasteiger partial charge in [0.1, 0.15) is 23.3 Å². The summed E-state index contributed by atoms with van der Waals surface area (Å²) in [5.41, 5.74) is -0.325. The highest BCUT2D eigenvalue weighted by molar-refractivity contribution is 7.98. The van der Waals surface area contributed by atoms with Crippen LogP contribution in [0.1, 0.15) is 16.7 Å². The highest BCUT2D eigenvalue weighted by Gasteiger charge is 2.25. The molecule has 2 rings (SSSR count). The van der Waals surface area contributed by atoms with Crippen molar-refractivity contribution >= 4 is 11.8 Å². The molecule has 0 unspecified atom stereocenters. The number of hydrogen-bond acceptors (Lipinski definition) is 4. The Labute approximate surface area is 130 Å². The number of benzene rings is 2. The van der Waals surface area contributed by atoms with Crippen LogP contribution in [0.15, 0.2) is 35.2 Å². The Kier molecular flexibility index (Phi) is 4.98. The zero-order chi connectivity index (χ0) is 16.1. The lowest BCUT2D eigenvalue weighted by molar-refractivity contribution is 0.368. The number of hydrogen-bond donors (Lipinski definition) is 0. The fraction of sp³-hybridized carbons (Fsp3) is 0.125. The topological polar surface area (TPSA) is 56.8 Å². The number of thioether (sulfide) groups is 1. The van der Waals surface area contributed by atoms with Crippen molar-refractivity contribution in [3.63, 3.8) is 0 Å². The summed E-state index contributed by atoms with van der Waals surface area (Å²) in [5.74, 6) is -1.92. The van der Waals surface area contributed by atoms with Crippen molar-refractivity contribution in [1.82, 2.24) is 0 Å². The SMILES string of the molecule is COc1c(F)c(C#N)c(C#N)c(F)c1SCc1ccccc1. The van der Waals surface area contributed by atoms with E-state index in [1.54, 1.807) is 0 Å². The Balaban J connectivity index is 2.49. The van der Waals surface area contributed by atoms with Crippen molar-refractivity contribution in [2.45, 2.75) is 10.6 Å². The summed E-state index contributed by atoms with van der Waals surface area (Å²) in [5, 5.41) is 17.9. The summed E-state index contributed by atoms with van der Waals surface area (Å²) < 4.78 is 33.5. The lowest BCUT2D eigenvalue weighted by atomic mass is 10.1. The summed E-state index contributed by atoms with van der Waals surface area (Å²) in [6, 6.07) is 12.3. The molecule has 0 aliphatic carbocycles. The number of halogens is 2. The van der Waals surface area contributed by atoms with E-state index >= 15 is 0 Å². The Morgan fingerprint density at radius 1 is 1.05 bits per heavy atom. The molecule has 0 heterocycles. The number of rotatable bonds is 4. The standard InChI is InChI=1S/C16H10F2N2OS/c1-21-15-13(17)11(7-19)12(8-20)14(18)16(15)22-9-10-5-3-2-4-6-10/h2-6H,9H2,1H3. The van der Waals surface area contributed by atoms with Crippen LogP contribution in [0.4, 0.5) is 8.78 Å². The van der Waals surface area contributed by atoms with E-state index in [0.717, 1.165) is 17.3 Å². The summed E-state index contributed by atoms with van der Waals surface area (Å²) in [6.45, 7) is 0. The predicted octanol–water partition coefficient (Wildman–Crippen LogP) is 4.01. The lowest BCUT2D eigenvalue weighted by Crippen LogP contribution is -2.03. The summed E-state index contributed by atoms with van der Waals surface area (Å²) in [6.07, 6.45) is 0. The second kappa shape index (κ2) is 6.93. The molecule has 6 heteroatoms. The molecule has 0 amide bonds. The maximum Gasteiger partial charge on any atom is 0.185 e. The molecule has 0 spiro atoms. The van der Waals surface area contributed by atoms with Crippen molar-refractivity contribution in [2.24, 2.45) is 0 Å². The fourth-order valence-electron chi connectivity index (χ4n) is 1.90. The normalized spacial score (nSPS) is 9.86. The maximum absolute atomic E-state index is 14.4. The van der Waals surface area contributed by atoms with E-state index in [2.05, 4.69) is 0 Å². The van der Waals surface area contributed by atoms with E-state index < -0.39 is 22.8 Å². The van der Waals surface area contributed by atoms with Gasteiger partial charge in [0.2, 0.25) is 0 Å². The van der Waals surface area contributed by atoms with Crippen LogP contribution in [0.25, 0.3) is 0 Å². The van der Waals surface area contributed by atoms with Crippen LogP contribution < -0.4 is 4.74 Å². The molecule has 0 radical (unpaired) electrons. The molecular formula is C16H10F2N2OS. The van der Waals surface area contributed by atoms with Gasteiger partial charge >= 0.3 is 0 Å². The van der Waals surface area contributed by atoms with Crippen LogP contribution in [-0.2, 0) is 5.75 Å². The van der Waals surface area contributed by atoms with Crippen LogP contribution in [0.5, 0.6) is 5.75 Å². The third kappa shape index (κ3) is 2.88. The fourth-order valence-corrected chi connectivity index (χ4v) is 2.93. The zero-order valence-corrected chi connectivity index (χ0v) is 12.4. The number of ether oxygens (including phenoxy) is 1. The molecular weight excluding hydrogens is 306 g/mol. The molecule has 110 valence electrons. The molecule has 0 bridgehead atoms. The average Bonchev–Trinajstić information content (AvgIpc) is 2.55. The Bertz CT molecular complexity index is 776. The monoisotopic (exact) mass is 316 g/mol. The second-order valence-electron chi connectivity index (χ2n) is 4.24. The van der Waals surface area contributed by atoms with Crippen molar-refractivity contribution in [2.75, 3.05) is 7.11 Å². The highest BCUT2D eigenvalue weighted by Crippen LogP contribution is 2.39. The Hall–Kier alpha value is -2.57. The zero-order valence-electron chi connectivity index (χ0n) is 11.6. The van der Waals surface area contributed by atoms with Gasteiger partial charge in [0.05, 0.1) is 12.0 Å². The molecule has 2 aromatic carbocycles. The molecule has 3 nitrogen and oxygen atoms in total. The highest BCUT2D eigenvalue weighted by atomic mass is 32.2. The van der Waals surface area contributed by atoms with Gasteiger partial charge in [-0.1, -0.05) is 30.3 Å². The smallest absolute Gasteiger partial charge is 0.185 e. The number of nitriles is 2. The van der Waals surface area contributed by atoms with E-state index in [4.69, 9.17) is 15.3 Å². The molecule has 0 aliphatic heterocycles. The number of methoxy groups -OCH3 is 1. The quantitative estimate of drug-likeness (QED) is 0.800. The predicted molar refractivity (Wildman–Crippen MR) is 78.3 cm³/mol.